The summed E-state index contributed by atoms with van der Waals surface area (Å²) in [6.45, 7) is 3.19. The Labute approximate surface area is 216 Å². The Balaban J connectivity index is 1.17. The summed E-state index contributed by atoms with van der Waals surface area (Å²) in [5.41, 5.74) is 1.63. The number of piperazine rings is 1. The van der Waals surface area contributed by atoms with Crippen LogP contribution in [-0.4, -0.2) is 86.3 Å². The smallest absolute Gasteiger partial charge is 0.350 e. The number of allylic oxidation sites excluding steroid dienone is 1. The first-order chi connectivity index (χ1) is 17.9. The summed E-state index contributed by atoms with van der Waals surface area (Å²) < 4.78 is 9.89. The second-order valence-corrected chi connectivity index (χ2v) is 9.11. The molecule has 0 N–H and O–H groups in total. The number of urea groups is 1. The minimum absolute atomic E-state index is 0.134. The van der Waals surface area contributed by atoms with E-state index < -0.39 is 17.9 Å². The summed E-state index contributed by atoms with van der Waals surface area (Å²) in [7, 11) is 2.91. The molecular weight excluding hydrogens is 476 g/mol. The molecular formula is C27H32N4O6. The van der Waals surface area contributed by atoms with Gasteiger partial charge >= 0.3 is 12.0 Å². The van der Waals surface area contributed by atoms with E-state index in [0.29, 0.717) is 32.4 Å². The van der Waals surface area contributed by atoms with E-state index in [1.54, 1.807) is 13.2 Å². The third kappa shape index (κ3) is 6.07. The Bertz CT molecular complexity index is 1130. The second-order valence-electron chi connectivity index (χ2n) is 9.11. The maximum absolute atomic E-state index is 12.8. The minimum atomic E-state index is -0.677. The quantitative estimate of drug-likeness (QED) is 0.373. The molecule has 2 aliphatic heterocycles. The lowest BCUT2D eigenvalue weighted by Crippen LogP contribution is -2.48. The molecule has 1 aromatic carbocycles. The van der Waals surface area contributed by atoms with Gasteiger partial charge in [0.15, 0.2) is 0 Å². The summed E-state index contributed by atoms with van der Waals surface area (Å²) in [5.74, 6) is -0.620. The van der Waals surface area contributed by atoms with Gasteiger partial charge in [-0.15, -0.1) is 0 Å². The van der Waals surface area contributed by atoms with E-state index in [2.05, 4.69) is 14.6 Å². The number of ether oxygens (including phenoxy) is 2. The zero-order valence-corrected chi connectivity index (χ0v) is 21.2. The van der Waals surface area contributed by atoms with Gasteiger partial charge in [0.2, 0.25) is 11.8 Å². The standard InChI is InChI=1S/C27H32N4O6/c1-36-21-10-8-20(9-11-21)29-14-16-30(17-15-29)24(32)6-4-3-5-13-31-25(33)22-12-7-19(26(34)37-2)18-23(22)28-27(31)35/h7-12,18,22H,3-6,13-17H2,1-2H3. The van der Waals surface area contributed by atoms with E-state index in [-0.39, 0.29) is 29.6 Å². The number of unbranched alkanes of at least 4 members (excludes halogenated alkanes) is 2. The van der Waals surface area contributed by atoms with Gasteiger partial charge < -0.3 is 19.3 Å². The molecule has 0 bridgehead atoms. The molecule has 4 rings (SSSR count). The zero-order chi connectivity index (χ0) is 26.4. The van der Waals surface area contributed by atoms with Gasteiger partial charge in [-0.1, -0.05) is 18.6 Å². The van der Waals surface area contributed by atoms with E-state index in [1.807, 2.05) is 29.2 Å². The number of benzene rings is 1. The Kier molecular flexibility index (Phi) is 8.37. The van der Waals surface area contributed by atoms with Crippen molar-refractivity contribution in [1.29, 1.82) is 0 Å². The van der Waals surface area contributed by atoms with E-state index >= 15 is 0 Å². The van der Waals surface area contributed by atoms with E-state index in [0.717, 1.165) is 35.8 Å². The predicted molar refractivity (Wildman–Crippen MR) is 138 cm³/mol. The Morgan fingerprint density at radius 3 is 2.41 bits per heavy atom. The summed E-state index contributed by atoms with van der Waals surface area (Å²) in [6.07, 6.45) is 6.96. The molecule has 1 saturated heterocycles. The van der Waals surface area contributed by atoms with Gasteiger partial charge in [0.25, 0.3) is 0 Å². The Morgan fingerprint density at radius 2 is 1.73 bits per heavy atom. The molecule has 1 aliphatic carbocycles. The van der Waals surface area contributed by atoms with Crippen LogP contribution in [0.2, 0.25) is 0 Å². The van der Waals surface area contributed by atoms with Crippen LogP contribution in [0.1, 0.15) is 25.7 Å². The Morgan fingerprint density at radius 1 is 1.00 bits per heavy atom. The molecule has 196 valence electrons. The maximum atomic E-state index is 12.8. The molecule has 10 nitrogen and oxygen atoms in total. The summed E-state index contributed by atoms with van der Waals surface area (Å²) in [6, 6.07) is 7.31. The molecule has 1 unspecified atom stereocenters. The number of hydrogen-bond acceptors (Lipinski definition) is 7. The highest BCUT2D eigenvalue weighted by Gasteiger charge is 2.36. The molecule has 0 aromatic heterocycles. The zero-order valence-electron chi connectivity index (χ0n) is 21.2. The van der Waals surface area contributed by atoms with Crippen molar-refractivity contribution >= 4 is 35.2 Å². The number of carbonyl (C=O) groups excluding carboxylic acids is 4. The number of aliphatic imine (C=N–C) groups is 1. The SMILES string of the molecule is COC(=O)C1=CC2=NC(=O)N(CCCCCC(=O)N3CCN(c4ccc(OC)cc4)CC3)C(=O)C2C=C1. The highest BCUT2D eigenvalue weighted by atomic mass is 16.5. The van der Waals surface area contributed by atoms with Crippen molar-refractivity contribution in [1.82, 2.24) is 9.80 Å². The van der Waals surface area contributed by atoms with Crippen LogP contribution in [0.5, 0.6) is 5.75 Å². The van der Waals surface area contributed by atoms with Crippen LogP contribution < -0.4 is 9.64 Å². The van der Waals surface area contributed by atoms with Crippen LogP contribution >= 0.6 is 0 Å². The first-order valence-electron chi connectivity index (χ1n) is 12.5. The lowest BCUT2D eigenvalue weighted by molar-refractivity contribution is -0.136. The predicted octanol–water partition coefficient (Wildman–Crippen LogP) is 2.59. The topological polar surface area (TPSA) is 109 Å². The molecule has 10 heteroatoms. The van der Waals surface area contributed by atoms with Crippen molar-refractivity contribution < 1.29 is 28.7 Å². The van der Waals surface area contributed by atoms with Gasteiger partial charge in [-0.05, 0) is 43.2 Å². The van der Waals surface area contributed by atoms with E-state index in [4.69, 9.17) is 4.74 Å². The number of rotatable bonds is 9. The van der Waals surface area contributed by atoms with Crippen molar-refractivity contribution in [3.63, 3.8) is 0 Å². The van der Waals surface area contributed by atoms with Crippen LogP contribution in [0.3, 0.4) is 0 Å². The second kappa shape index (κ2) is 11.9. The molecule has 1 atom stereocenters. The van der Waals surface area contributed by atoms with Gasteiger partial charge in [0.1, 0.15) is 5.75 Å². The van der Waals surface area contributed by atoms with Gasteiger partial charge in [0, 0.05) is 44.8 Å². The number of methoxy groups -OCH3 is 2. The number of anilines is 1. The van der Waals surface area contributed by atoms with Crippen molar-refractivity contribution in [3.05, 3.63) is 48.1 Å². The molecule has 0 radical (unpaired) electrons. The number of carbonyl (C=O) groups is 4. The molecule has 3 aliphatic rings. The number of fused-ring (bicyclic) bond motifs is 1. The average molecular weight is 509 g/mol. The molecule has 0 saturated carbocycles. The molecule has 2 heterocycles. The van der Waals surface area contributed by atoms with Crippen LogP contribution in [0.4, 0.5) is 10.5 Å². The third-order valence-electron chi connectivity index (χ3n) is 6.84. The van der Waals surface area contributed by atoms with Crippen molar-refractivity contribution in [2.75, 3.05) is 51.8 Å². The monoisotopic (exact) mass is 508 g/mol. The lowest BCUT2D eigenvalue weighted by atomic mass is 9.92. The van der Waals surface area contributed by atoms with Crippen molar-refractivity contribution in [2.45, 2.75) is 25.7 Å². The summed E-state index contributed by atoms with van der Waals surface area (Å²) in [5, 5.41) is 0. The first-order valence-corrected chi connectivity index (χ1v) is 12.5. The number of amides is 4. The summed E-state index contributed by atoms with van der Waals surface area (Å²) >= 11 is 0. The fourth-order valence-electron chi connectivity index (χ4n) is 4.68. The molecule has 1 aromatic rings. The fourth-order valence-corrected chi connectivity index (χ4v) is 4.68. The maximum Gasteiger partial charge on any atom is 0.350 e. The number of imide groups is 1. The largest absolute Gasteiger partial charge is 0.497 e. The van der Waals surface area contributed by atoms with Crippen LogP contribution in [0.25, 0.3) is 0 Å². The minimum Gasteiger partial charge on any atom is -0.497 e. The number of esters is 1. The van der Waals surface area contributed by atoms with E-state index in [1.165, 1.54) is 19.3 Å². The first kappa shape index (κ1) is 26.1. The molecule has 4 amide bonds. The highest BCUT2D eigenvalue weighted by Crippen LogP contribution is 2.24. The van der Waals surface area contributed by atoms with E-state index in [9.17, 15) is 19.2 Å². The third-order valence-corrected chi connectivity index (χ3v) is 6.84. The molecule has 1 fully saturated rings. The van der Waals surface area contributed by atoms with Gasteiger partial charge in [0.05, 0.1) is 31.4 Å². The lowest BCUT2D eigenvalue weighted by Gasteiger charge is -2.36. The van der Waals surface area contributed by atoms with Gasteiger partial charge in [-0.25, -0.2) is 9.59 Å². The van der Waals surface area contributed by atoms with Crippen LogP contribution in [0.15, 0.2) is 53.1 Å². The van der Waals surface area contributed by atoms with Crippen LogP contribution in [0, 0.1) is 5.92 Å². The van der Waals surface area contributed by atoms with Gasteiger partial charge in [-0.2, -0.15) is 4.99 Å². The number of hydrogen-bond donors (Lipinski definition) is 0. The fraction of sp³-hybridized carbons (Fsp3) is 0.444. The number of nitrogens with zero attached hydrogens (tertiary/aromatic N) is 4. The van der Waals surface area contributed by atoms with Crippen LogP contribution in [-0.2, 0) is 19.1 Å². The molecule has 37 heavy (non-hydrogen) atoms. The molecule has 0 spiro atoms. The average Bonchev–Trinajstić information content (AvgIpc) is 2.93. The van der Waals surface area contributed by atoms with Gasteiger partial charge in [-0.3, -0.25) is 14.5 Å². The van der Waals surface area contributed by atoms with Crippen molar-refractivity contribution in [3.8, 4) is 5.75 Å². The Hall–Kier alpha value is -3.95. The highest BCUT2D eigenvalue weighted by molar-refractivity contribution is 6.23. The summed E-state index contributed by atoms with van der Waals surface area (Å²) in [4.78, 5) is 58.9. The normalized spacial score (nSPS) is 19.3. The van der Waals surface area contributed by atoms with Crippen molar-refractivity contribution in [2.24, 2.45) is 10.9 Å².